The highest BCUT2D eigenvalue weighted by Gasteiger charge is 2.11. The first kappa shape index (κ1) is 12.9. The molecule has 19 heavy (non-hydrogen) atoms. The van der Waals surface area contributed by atoms with Crippen LogP contribution in [0, 0.1) is 5.82 Å². The lowest BCUT2D eigenvalue weighted by Crippen LogP contribution is -2.04. The minimum Gasteiger partial charge on any atom is -0.494 e. The molecule has 0 aliphatic heterocycles. The Balaban J connectivity index is 2.36. The summed E-state index contributed by atoms with van der Waals surface area (Å²) in [6, 6.07) is 4.10. The number of hydrogen-bond donors (Lipinski definition) is 2. The van der Waals surface area contributed by atoms with E-state index in [-0.39, 0.29) is 11.6 Å². The first-order valence-corrected chi connectivity index (χ1v) is 5.40. The lowest BCUT2D eigenvalue weighted by Gasteiger charge is -2.12. The molecule has 0 saturated carbocycles. The zero-order valence-corrected chi connectivity index (χ0v) is 10.5. The monoisotopic (exact) mass is 264 g/mol. The molecule has 0 aliphatic rings. The average molecular weight is 264 g/mol. The van der Waals surface area contributed by atoms with Crippen LogP contribution in [-0.2, 0) is 0 Å². The van der Waals surface area contributed by atoms with E-state index in [4.69, 9.17) is 15.2 Å². The van der Waals surface area contributed by atoms with Crippen molar-refractivity contribution in [2.24, 2.45) is 0 Å². The maximum Gasteiger partial charge on any atom is 0.242 e. The third-order valence-corrected chi connectivity index (χ3v) is 2.46. The second kappa shape index (κ2) is 5.38. The zero-order chi connectivity index (χ0) is 13.8. The van der Waals surface area contributed by atoms with Crippen LogP contribution >= 0.6 is 0 Å². The molecule has 0 unspecified atom stereocenters. The number of ether oxygens (including phenoxy) is 2. The molecule has 1 heterocycles. The topological polar surface area (TPSA) is 82.3 Å². The fraction of sp³-hybridized carbons (Fsp3) is 0.167. The van der Waals surface area contributed by atoms with Gasteiger partial charge in [0.15, 0.2) is 5.82 Å². The first-order valence-electron chi connectivity index (χ1n) is 5.40. The molecule has 2 rings (SSSR count). The van der Waals surface area contributed by atoms with Crippen LogP contribution in [0.5, 0.6) is 11.6 Å². The molecule has 0 amide bonds. The third-order valence-electron chi connectivity index (χ3n) is 2.46. The molecule has 1 aromatic carbocycles. The zero-order valence-electron chi connectivity index (χ0n) is 10.5. The van der Waals surface area contributed by atoms with E-state index in [0.717, 1.165) is 0 Å². The van der Waals surface area contributed by atoms with Crippen LogP contribution in [0.25, 0.3) is 0 Å². The summed E-state index contributed by atoms with van der Waals surface area (Å²) in [5.41, 5.74) is 6.63. The predicted molar refractivity (Wildman–Crippen MR) is 69.2 cm³/mol. The molecule has 1 aromatic heterocycles. The van der Waals surface area contributed by atoms with Gasteiger partial charge in [-0.25, -0.2) is 9.37 Å². The van der Waals surface area contributed by atoms with Crippen molar-refractivity contribution >= 4 is 17.2 Å². The number of nitrogens with two attached hydrogens (primary N) is 1. The van der Waals surface area contributed by atoms with Gasteiger partial charge in [0, 0.05) is 6.07 Å². The van der Waals surface area contributed by atoms with Gasteiger partial charge in [0.1, 0.15) is 23.6 Å². The molecular weight excluding hydrogens is 251 g/mol. The van der Waals surface area contributed by atoms with Gasteiger partial charge in [-0.15, -0.1) is 0 Å². The molecular formula is C12H13FN4O2. The van der Waals surface area contributed by atoms with Crippen molar-refractivity contribution < 1.29 is 13.9 Å². The van der Waals surface area contributed by atoms with Gasteiger partial charge in [-0.1, -0.05) is 0 Å². The number of nitrogens with one attached hydrogen (secondary N) is 1. The number of hydrogen-bond acceptors (Lipinski definition) is 6. The highest BCUT2D eigenvalue weighted by molar-refractivity contribution is 5.74. The normalized spacial score (nSPS) is 10.1. The Bertz CT molecular complexity index is 592. The molecule has 0 radical (unpaired) electrons. The molecule has 0 atom stereocenters. The van der Waals surface area contributed by atoms with E-state index in [1.807, 2.05) is 0 Å². The van der Waals surface area contributed by atoms with Crippen LogP contribution in [0.2, 0.25) is 0 Å². The van der Waals surface area contributed by atoms with Crippen molar-refractivity contribution in [3.63, 3.8) is 0 Å². The van der Waals surface area contributed by atoms with Crippen LogP contribution in [0.4, 0.5) is 21.6 Å². The number of rotatable bonds is 4. The van der Waals surface area contributed by atoms with Gasteiger partial charge >= 0.3 is 0 Å². The van der Waals surface area contributed by atoms with Gasteiger partial charge < -0.3 is 20.5 Å². The summed E-state index contributed by atoms with van der Waals surface area (Å²) < 4.78 is 23.2. The summed E-state index contributed by atoms with van der Waals surface area (Å²) in [7, 11) is 2.91. The van der Waals surface area contributed by atoms with E-state index >= 15 is 0 Å². The Morgan fingerprint density at radius 1 is 1.21 bits per heavy atom. The van der Waals surface area contributed by atoms with Crippen LogP contribution in [0.15, 0.2) is 24.5 Å². The fourth-order valence-corrected chi connectivity index (χ4v) is 1.54. The smallest absolute Gasteiger partial charge is 0.242 e. The van der Waals surface area contributed by atoms with Crippen LogP contribution in [0.3, 0.4) is 0 Å². The van der Waals surface area contributed by atoms with E-state index < -0.39 is 5.82 Å². The van der Waals surface area contributed by atoms with E-state index in [9.17, 15) is 4.39 Å². The second-order valence-electron chi connectivity index (χ2n) is 3.61. The van der Waals surface area contributed by atoms with Crippen molar-refractivity contribution in [2.75, 3.05) is 25.3 Å². The Kier molecular flexibility index (Phi) is 3.65. The minimum absolute atomic E-state index is 0.261. The molecule has 7 heteroatoms. The van der Waals surface area contributed by atoms with Crippen LogP contribution in [-0.4, -0.2) is 24.2 Å². The first-order chi connectivity index (χ1) is 9.15. The lowest BCUT2D eigenvalue weighted by atomic mass is 10.2. The Morgan fingerprint density at radius 3 is 2.68 bits per heavy atom. The van der Waals surface area contributed by atoms with Crippen molar-refractivity contribution in [3.05, 3.63) is 30.3 Å². The van der Waals surface area contributed by atoms with Gasteiger partial charge in [-0.3, -0.25) is 0 Å². The van der Waals surface area contributed by atoms with Gasteiger partial charge in [0.05, 0.1) is 19.9 Å². The van der Waals surface area contributed by atoms with Crippen molar-refractivity contribution in [1.82, 2.24) is 9.97 Å². The van der Waals surface area contributed by atoms with Crippen LogP contribution < -0.4 is 20.5 Å². The van der Waals surface area contributed by atoms with E-state index in [1.165, 1.54) is 38.7 Å². The minimum atomic E-state index is -0.393. The molecule has 3 N–H and O–H groups in total. The van der Waals surface area contributed by atoms with E-state index in [1.54, 1.807) is 0 Å². The number of benzene rings is 1. The summed E-state index contributed by atoms with van der Waals surface area (Å²) >= 11 is 0. The highest BCUT2D eigenvalue weighted by atomic mass is 19.1. The number of aromatic nitrogens is 2. The van der Waals surface area contributed by atoms with Crippen molar-refractivity contribution in [2.45, 2.75) is 0 Å². The number of anilines is 3. The molecule has 2 aromatic rings. The Labute approximate surface area is 109 Å². The van der Waals surface area contributed by atoms with Gasteiger partial charge in [0.2, 0.25) is 5.88 Å². The molecule has 0 saturated heterocycles. The summed E-state index contributed by atoms with van der Waals surface area (Å²) in [6.07, 6.45) is 1.31. The summed E-state index contributed by atoms with van der Waals surface area (Å²) in [5, 5.41) is 2.95. The standard InChI is InChI=1S/C12H13FN4O2/c1-18-9-5-7(13)3-4-8(9)17-11-10(14)12(19-2)16-6-15-11/h3-6H,14H2,1-2H3,(H,15,16,17). The largest absolute Gasteiger partial charge is 0.494 e. The maximum absolute atomic E-state index is 13.1. The van der Waals surface area contributed by atoms with Crippen molar-refractivity contribution in [3.8, 4) is 11.6 Å². The summed E-state index contributed by atoms with van der Waals surface area (Å²) in [4.78, 5) is 7.87. The maximum atomic E-state index is 13.1. The van der Waals surface area contributed by atoms with Crippen molar-refractivity contribution in [1.29, 1.82) is 0 Å². The Hall–Kier alpha value is -2.57. The van der Waals surface area contributed by atoms with E-state index in [0.29, 0.717) is 17.3 Å². The van der Waals surface area contributed by atoms with Crippen LogP contribution in [0.1, 0.15) is 0 Å². The molecule has 0 fully saturated rings. The quantitative estimate of drug-likeness (QED) is 0.878. The van der Waals surface area contributed by atoms with Gasteiger partial charge in [0.25, 0.3) is 0 Å². The lowest BCUT2D eigenvalue weighted by molar-refractivity contribution is 0.399. The molecule has 0 spiro atoms. The summed E-state index contributed by atoms with van der Waals surface area (Å²) in [6.45, 7) is 0. The number of nitrogens with zero attached hydrogens (tertiary/aromatic N) is 2. The SMILES string of the molecule is COc1cc(F)ccc1Nc1ncnc(OC)c1N. The predicted octanol–water partition coefficient (Wildman–Crippen LogP) is 1.96. The molecule has 0 bridgehead atoms. The van der Waals surface area contributed by atoms with Gasteiger partial charge in [-0.2, -0.15) is 4.98 Å². The van der Waals surface area contributed by atoms with E-state index in [2.05, 4.69) is 15.3 Å². The second-order valence-corrected chi connectivity index (χ2v) is 3.61. The summed E-state index contributed by atoms with van der Waals surface area (Å²) in [5.74, 6) is 0.572. The average Bonchev–Trinajstić information content (AvgIpc) is 2.42. The third kappa shape index (κ3) is 2.65. The molecule has 6 nitrogen and oxygen atoms in total. The van der Waals surface area contributed by atoms with Gasteiger partial charge in [-0.05, 0) is 12.1 Å². The fourth-order valence-electron chi connectivity index (χ4n) is 1.54. The number of methoxy groups -OCH3 is 2. The number of nitrogen functional groups attached to an aromatic ring is 1. The highest BCUT2D eigenvalue weighted by Crippen LogP contribution is 2.31. The Morgan fingerprint density at radius 2 is 2.00 bits per heavy atom. The molecule has 0 aliphatic carbocycles. The number of halogens is 1. The molecule has 100 valence electrons.